The first kappa shape index (κ1) is 31.1. The van der Waals surface area contributed by atoms with E-state index in [0.717, 1.165) is 0 Å². The molecule has 0 aliphatic heterocycles. The van der Waals surface area contributed by atoms with Crippen LogP contribution in [-0.2, 0) is 38.7 Å². The standard InChI is InChI=1S/C21H18N.C17H12N.2ClH.Hf/c1-2-8-16-14-17(13-15(16)7-1)22-20-11-5-3-9-18(20)19-10-4-6-12-21(19)22;1-2-7-15-12-16(11-14(15)6-1)18-10-9-13-5-3-4-8-17(13)18;;;/h1-3,5,7-9,11,13-14H,4,6,10,12H2;1-12H;2*1H;/q2*-1;;;+4/p-2. The summed E-state index contributed by atoms with van der Waals surface area (Å²) in [5.41, 5.74) is 8.28. The zero-order chi connectivity index (χ0) is 26.5. The predicted molar refractivity (Wildman–Crippen MR) is 169 cm³/mol. The molecule has 0 amide bonds. The molecule has 1 aliphatic rings. The molecule has 43 heavy (non-hydrogen) atoms. The summed E-state index contributed by atoms with van der Waals surface area (Å²) in [7, 11) is 0. The zero-order valence-corrected chi connectivity index (χ0v) is 28.8. The summed E-state index contributed by atoms with van der Waals surface area (Å²) in [6, 6.07) is 45.8. The number of nitrogens with zero attached hydrogens (tertiary/aromatic N) is 2. The predicted octanol–water partition coefficient (Wildman–Crippen LogP) is 3.89. The summed E-state index contributed by atoms with van der Waals surface area (Å²) >= 11 is 0. The molecular formula is C38H30Cl2HfN2. The van der Waals surface area contributed by atoms with Gasteiger partial charge in [0, 0.05) is 17.3 Å². The third-order valence-electron chi connectivity index (χ3n) is 8.52. The summed E-state index contributed by atoms with van der Waals surface area (Å²) in [6.07, 6.45) is 7.20. The average Bonchev–Trinajstić information content (AvgIpc) is 3.79. The van der Waals surface area contributed by atoms with E-state index in [1.165, 1.54) is 86.1 Å². The van der Waals surface area contributed by atoms with Crippen LogP contribution in [0, 0.1) is 0 Å². The van der Waals surface area contributed by atoms with E-state index >= 15 is 0 Å². The monoisotopic (exact) mass is 764 g/mol. The second-order valence-electron chi connectivity index (χ2n) is 10.9. The Morgan fingerprint density at radius 2 is 1.09 bits per heavy atom. The van der Waals surface area contributed by atoms with Crippen LogP contribution in [0.2, 0.25) is 0 Å². The zero-order valence-electron chi connectivity index (χ0n) is 23.7. The third kappa shape index (κ3) is 5.55. The fourth-order valence-corrected chi connectivity index (χ4v) is 6.63. The van der Waals surface area contributed by atoms with E-state index in [4.69, 9.17) is 0 Å². The minimum Gasteiger partial charge on any atom is -1.00 e. The molecule has 0 radical (unpaired) electrons. The topological polar surface area (TPSA) is 9.86 Å². The molecule has 0 N–H and O–H groups in total. The van der Waals surface area contributed by atoms with Crippen molar-refractivity contribution in [3.05, 3.63) is 145 Å². The smallest absolute Gasteiger partial charge is 1.00 e. The van der Waals surface area contributed by atoms with Gasteiger partial charge in [-0.25, -0.2) is 0 Å². The number of hydrogen-bond acceptors (Lipinski definition) is 0. The van der Waals surface area contributed by atoms with E-state index < -0.39 is 0 Å². The number of benzene rings is 4. The molecule has 8 aromatic rings. The maximum absolute atomic E-state index is 2.50. The van der Waals surface area contributed by atoms with Crippen LogP contribution >= 0.6 is 0 Å². The summed E-state index contributed by atoms with van der Waals surface area (Å²) in [5.74, 6) is 0. The van der Waals surface area contributed by atoms with Gasteiger partial charge in [-0.05, 0) is 66.2 Å². The Bertz CT molecular complexity index is 2080. The van der Waals surface area contributed by atoms with Crippen LogP contribution in [0.25, 0.3) is 54.7 Å². The van der Waals surface area contributed by atoms with Crippen molar-refractivity contribution in [3.8, 4) is 11.4 Å². The quantitative estimate of drug-likeness (QED) is 0.187. The van der Waals surface area contributed by atoms with Gasteiger partial charge in [-0.15, -0.1) is 82.2 Å². The molecule has 2 aromatic heterocycles. The molecule has 2 nitrogen and oxygen atoms in total. The minimum atomic E-state index is 0. The van der Waals surface area contributed by atoms with E-state index in [1.54, 1.807) is 5.56 Å². The molecule has 1 aliphatic carbocycles. The van der Waals surface area contributed by atoms with Gasteiger partial charge < -0.3 is 33.9 Å². The van der Waals surface area contributed by atoms with Gasteiger partial charge >= 0.3 is 25.8 Å². The van der Waals surface area contributed by atoms with Crippen LogP contribution in [0.3, 0.4) is 0 Å². The second kappa shape index (κ2) is 13.1. The van der Waals surface area contributed by atoms with Gasteiger partial charge in [0.05, 0.1) is 11.0 Å². The van der Waals surface area contributed by atoms with Crippen LogP contribution in [0.1, 0.15) is 24.1 Å². The number of para-hydroxylation sites is 2. The Morgan fingerprint density at radius 1 is 0.535 bits per heavy atom. The van der Waals surface area contributed by atoms with Crippen molar-refractivity contribution in [1.29, 1.82) is 0 Å². The van der Waals surface area contributed by atoms with Crippen molar-refractivity contribution in [2.24, 2.45) is 0 Å². The van der Waals surface area contributed by atoms with Crippen molar-refractivity contribution >= 4 is 43.4 Å². The van der Waals surface area contributed by atoms with Crippen LogP contribution in [-0.4, -0.2) is 9.13 Å². The van der Waals surface area contributed by atoms with Crippen molar-refractivity contribution in [3.63, 3.8) is 0 Å². The molecule has 0 saturated heterocycles. The third-order valence-corrected chi connectivity index (χ3v) is 8.52. The summed E-state index contributed by atoms with van der Waals surface area (Å²) in [6.45, 7) is 0. The molecule has 9 rings (SSSR count). The Labute approximate surface area is 283 Å². The molecular weight excluding hydrogens is 734 g/mol. The SMILES string of the molecule is [Cl-].[Cl-].[Hf+4].c1ccc2[cH-]c(-n3c4c(c5ccccc53)CCCC4)cc2c1.c1ccc2[cH-]c(-n3ccc4ccccc43)cc2c1. The molecule has 0 bridgehead atoms. The number of fused-ring (bicyclic) bond motifs is 6. The van der Waals surface area contributed by atoms with Gasteiger partial charge in [-0.3, -0.25) is 0 Å². The van der Waals surface area contributed by atoms with Crippen molar-refractivity contribution < 1.29 is 50.7 Å². The molecule has 5 heteroatoms. The van der Waals surface area contributed by atoms with Crippen molar-refractivity contribution in [2.45, 2.75) is 25.7 Å². The number of hydrogen-bond donors (Lipinski definition) is 0. The van der Waals surface area contributed by atoms with E-state index in [-0.39, 0.29) is 50.7 Å². The maximum atomic E-state index is 2.50. The normalized spacial score (nSPS) is 12.2. The van der Waals surface area contributed by atoms with E-state index in [9.17, 15) is 0 Å². The summed E-state index contributed by atoms with van der Waals surface area (Å²) < 4.78 is 4.75. The largest absolute Gasteiger partial charge is 4.00 e. The van der Waals surface area contributed by atoms with Gasteiger partial charge in [-0.1, -0.05) is 48.5 Å². The van der Waals surface area contributed by atoms with E-state index in [2.05, 4.69) is 143 Å². The molecule has 2 heterocycles. The fourth-order valence-electron chi connectivity index (χ4n) is 6.63. The average molecular weight is 764 g/mol. The first-order chi connectivity index (χ1) is 19.8. The van der Waals surface area contributed by atoms with Crippen LogP contribution in [0.5, 0.6) is 0 Å². The van der Waals surface area contributed by atoms with Gasteiger partial charge in [0.25, 0.3) is 0 Å². The van der Waals surface area contributed by atoms with Gasteiger partial charge in [0.1, 0.15) is 0 Å². The molecule has 0 unspecified atom stereocenters. The Kier molecular flexibility index (Phi) is 9.46. The van der Waals surface area contributed by atoms with E-state index in [1.807, 2.05) is 0 Å². The van der Waals surface area contributed by atoms with Crippen LogP contribution < -0.4 is 24.8 Å². The van der Waals surface area contributed by atoms with Crippen molar-refractivity contribution in [1.82, 2.24) is 9.13 Å². The Balaban J connectivity index is 0.000000163. The van der Waals surface area contributed by atoms with E-state index in [0.29, 0.717) is 0 Å². The van der Waals surface area contributed by atoms with Crippen LogP contribution in [0.15, 0.2) is 134 Å². The molecule has 210 valence electrons. The number of halogens is 2. The first-order valence-electron chi connectivity index (χ1n) is 14.3. The van der Waals surface area contributed by atoms with Crippen LogP contribution in [0.4, 0.5) is 0 Å². The Morgan fingerprint density at radius 3 is 1.81 bits per heavy atom. The number of aromatic nitrogens is 2. The second-order valence-corrected chi connectivity index (χ2v) is 10.9. The maximum Gasteiger partial charge on any atom is 4.00 e. The Hall–Kier alpha value is -3.37. The van der Waals surface area contributed by atoms with Gasteiger partial charge in [-0.2, -0.15) is 0 Å². The summed E-state index contributed by atoms with van der Waals surface area (Å²) in [5, 5.41) is 7.99. The molecule has 0 fully saturated rings. The number of aryl methyl sites for hydroxylation is 1. The van der Waals surface area contributed by atoms with Crippen molar-refractivity contribution in [2.75, 3.05) is 0 Å². The molecule has 0 spiro atoms. The fraction of sp³-hybridized carbons (Fsp3) is 0.105. The van der Waals surface area contributed by atoms with Gasteiger partial charge in [0.2, 0.25) is 0 Å². The first-order valence-corrected chi connectivity index (χ1v) is 14.3. The summed E-state index contributed by atoms with van der Waals surface area (Å²) in [4.78, 5) is 0. The molecule has 0 atom stereocenters. The van der Waals surface area contributed by atoms with Gasteiger partial charge in [0.15, 0.2) is 0 Å². The number of rotatable bonds is 2. The minimum absolute atomic E-state index is 0. The molecule has 6 aromatic carbocycles. The molecule has 0 saturated carbocycles.